The fraction of sp³-hybridized carbons (Fsp3) is 0.643. The van der Waals surface area contributed by atoms with Gasteiger partial charge in [0.25, 0.3) is 0 Å². The normalized spacial score (nSPS) is 25.0. The van der Waals surface area contributed by atoms with Crippen LogP contribution in [0.15, 0.2) is 27.6 Å². The van der Waals surface area contributed by atoms with E-state index in [9.17, 15) is 8.42 Å². The molecule has 6 nitrogen and oxygen atoms in total. The number of sulfone groups is 1. The standard InChI is InChI=1S/C14H23BN2O4S/c1-13(2)9-14(3,4)21-15(20-13)10-6-7-11(22(5,18)19)12(16)17-8-10/h7-8H,6,9H2,1-5H3,(H2,16,17). The van der Waals surface area contributed by atoms with Crippen molar-refractivity contribution in [3.8, 4) is 0 Å². The number of nitrogens with two attached hydrogens (primary N) is 1. The summed E-state index contributed by atoms with van der Waals surface area (Å²) in [5, 5.41) is 0. The predicted octanol–water partition coefficient (Wildman–Crippen LogP) is 1.58. The van der Waals surface area contributed by atoms with Gasteiger partial charge in [0.15, 0.2) is 9.84 Å². The molecule has 2 aliphatic rings. The summed E-state index contributed by atoms with van der Waals surface area (Å²) in [4.78, 5) is 4.10. The molecule has 0 bridgehead atoms. The fourth-order valence-corrected chi connectivity index (χ4v) is 3.76. The maximum absolute atomic E-state index is 11.7. The zero-order chi connectivity index (χ0) is 16.8. The van der Waals surface area contributed by atoms with Crippen LogP contribution in [-0.2, 0) is 19.1 Å². The molecule has 0 aliphatic carbocycles. The van der Waals surface area contributed by atoms with E-state index in [2.05, 4.69) is 4.99 Å². The van der Waals surface area contributed by atoms with E-state index in [1.807, 2.05) is 27.7 Å². The molecule has 0 spiro atoms. The number of nitrogens with zero attached hydrogens (tertiary/aromatic N) is 1. The number of aliphatic imine (C=N–C) groups is 1. The van der Waals surface area contributed by atoms with Crippen molar-refractivity contribution in [1.29, 1.82) is 0 Å². The molecule has 0 aromatic heterocycles. The van der Waals surface area contributed by atoms with Gasteiger partial charge in [-0.1, -0.05) is 6.08 Å². The summed E-state index contributed by atoms with van der Waals surface area (Å²) in [5.41, 5.74) is 5.82. The first-order valence-electron chi connectivity index (χ1n) is 7.18. The third-order valence-corrected chi connectivity index (χ3v) is 4.73. The molecule has 8 heteroatoms. The Morgan fingerprint density at radius 1 is 1.23 bits per heavy atom. The van der Waals surface area contributed by atoms with E-state index in [0.717, 1.165) is 18.1 Å². The molecular weight excluding hydrogens is 303 g/mol. The highest BCUT2D eigenvalue weighted by atomic mass is 32.2. The van der Waals surface area contributed by atoms with E-state index in [4.69, 9.17) is 15.0 Å². The molecule has 0 aromatic carbocycles. The predicted molar refractivity (Wildman–Crippen MR) is 87.9 cm³/mol. The van der Waals surface area contributed by atoms with Crippen LogP contribution in [0, 0.1) is 0 Å². The monoisotopic (exact) mass is 326 g/mol. The quantitative estimate of drug-likeness (QED) is 0.778. The first-order chi connectivity index (χ1) is 9.90. The lowest BCUT2D eigenvalue weighted by Crippen LogP contribution is -2.52. The van der Waals surface area contributed by atoms with Crippen molar-refractivity contribution < 1.29 is 17.7 Å². The molecule has 122 valence electrons. The number of hydrogen-bond donors (Lipinski definition) is 1. The van der Waals surface area contributed by atoms with Gasteiger partial charge in [-0.25, -0.2) is 13.4 Å². The van der Waals surface area contributed by atoms with Crippen molar-refractivity contribution in [2.75, 3.05) is 6.26 Å². The van der Waals surface area contributed by atoms with Crippen molar-refractivity contribution >= 4 is 22.8 Å². The molecule has 2 rings (SSSR count). The highest BCUT2D eigenvalue weighted by molar-refractivity contribution is 7.95. The van der Waals surface area contributed by atoms with Crippen molar-refractivity contribution in [3.05, 3.63) is 22.7 Å². The highest BCUT2D eigenvalue weighted by Crippen LogP contribution is 2.36. The van der Waals surface area contributed by atoms with E-state index in [1.54, 1.807) is 12.3 Å². The Morgan fingerprint density at radius 3 is 2.27 bits per heavy atom. The number of allylic oxidation sites excluding steroid dienone is 2. The molecule has 1 saturated heterocycles. The van der Waals surface area contributed by atoms with Gasteiger partial charge in [0.05, 0.1) is 11.2 Å². The van der Waals surface area contributed by atoms with Crippen molar-refractivity contribution in [2.24, 2.45) is 10.7 Å². The molecule has 2 aliphatic heterocycles. The minimum atomic E-state index is -3.41. The first kappa shape index (κ1) is 17.2. The third kappa shape index (κ3) is 4.00. The van der Waals surface area contributed by atoms with Crippen LogP contribution in [0.25, 0.3) is 0 Å². The summed E-state index contributed by atoms with van der Waals surface area (Å²) in [6.07, 6.45) is 5.36. The van der Waals surface area contributed by atoms with Gasteiger partial charge in [0, 0.05) is 18.9 Å². The summed E-state index contributed by atoms with van der Waals surface area (Å²) in [5.74, 6) is -0.00756. The Hall–Kier alpha value is -1.12. The van der Waals surface area contributed by atoms with E-state index in [-0.39, 0.29) is 21.9 Å². The zero-order valence-corrected chi connectivity index (χ0v) is 14.5. The van der Waals surface area contributed by atoms with E-state index in [1.165, 1.54) is 0 Å². The number of amidine groups is 1. The van der Waals surface area contributed by atoms with Crippen LogP contribution in [0.4, 0.5) is 0 Å². The van der Waals surface area contributed by atoms with Crippen LogP contribution in [0.1, 0.15) is 40.5 Å². The summed E-state index contributed by atoms with van der Waals surface area (Å²) < 4.78 is 35.4. The molecule has 2 N–H and O–H groups in total. The SMILES string of the molecule is CC1(C)CC(C)(C)OB(C2=CN=C(N)C(S(C)(=O)=O)=CC2)O1. The molecule has 0 saturated carbocycles. The maximum atomic E-state index is 11.7. The Bertz CT molecular complexity index is 646. The van der Waals surface area contributed by atoms with E-state index < -0.39 is 17.0 Å². The average molecular weight is 326 g/mol. The van der Waals surface area contributed by atoms with Crippen LogP contribution in [-0.4, -0.2) is 38.8 Å². The molecule has 0 atom stereocenters. The van der Waals surface area contributed by atoms with Gasteiger partial charge in [-0.05, 0) is 39.6 Å². The minimum Gasteiger partial charge on any atom is -0.402 e. The Balaban J connectivity index is 2.30. The average Bonchev–Trinajstić information content (AvgIpc) is 2.46. The lowest BCUT2D eigenvalue weighted by molar-refractivity contribution is -0.0736. The van der Waals surface area contributed by atoms with Crippen molar-refractivity contribution in [3.63, 3.8) is 0 Å². The molecule has 0 aromatic rings. The largest absolute Gasteiger partial charge is 0.492 e. The van der Waals surface area contributed by atoms with Gasteiger partial charge in [0.2, 0.25) is 0 Å². The van der Waals surface area contributed by atoms with Crippen molar-refractivity contribution in [1.82, 2.24) is 0 Å². The second-order valence-corrected chi connectivity index (χ2v) is 9.01. The summed E-state index contributed by atoms with van der Waals surface area (Å²) in [6.45, 7) is 8.04. The van der Waals surface area contributed by atoms with Gasteiger partial charge in [-0.2, -0.15) is 0 Å². The third-order valence-electron chi connectivity index (χ3n) is 3.55. The highest BCUT2D eigenvalue weighted by Gasteiger charge is 2.44. The molecule has 0 radical (unpaired) electrons. The van der Waals surface area contributed by atoms with Gasteiger partial charge in [-0.3, -0.25) is 0 Å². The van der Waals surface area contributed by atoms with Crippen LogP contribution in [0.3, 0.4) is 0 Å². The maximum Gasteiger partial charge on any atom is 0.492 e. The fourth-order valence-electron chi connectivity index (χ4n) is 2.95. The molecule has 2 heterocycles. The van der Waals surface area contributed by atoms with Gasteiger partial charge in [-0.15, -0.1) is 0 Å². The van der Waals surface area contributed by atoms with E-state index >= 15 is 0 Å². The van der Waals surface area contributed by atoms with E-state index in [0.29, 0.717) is 6.42 Å². The van der Waals surface area contributed by atoms with Gasteiger partial charge >= 0.3 is 7.12 Å². The van der Waals surface area contributed by atoms with Crippen LogP contribution in [0.5, 0.6) is 0 Å². The number of hydrogen-bond acceptors (Lipinski definition) is 6. The van der Waals surface area contributed by atoms with Crippen LogP contribution in [0.2, 0.25) is 0 Å². The molecule has 22 heavy (non-hydrogen) atoms. The van der Waals surface area contributed by atoms with Crippen LogP contribution >= 0.6 is 0 Å². The smallest absolute Gasteiger partial charge is 0.402 e. The topological polar surface area (TPSA) is 91.0 Å². The molecule has 0 unspecified atom stereocenters. The number of rotatable bonds is 2. The van der Waals surface area contributed by atoms with Gasteiger partial charge in [0.1, 0.15) is 10.7 Å². The molecule has 1 fully saturated rings. The second kappa shape index (κ2) is 5.51. The molecular formula is C14H23BN2O4S. The summed E-state index contributed by atoms with van der Waals surface area (Å²) in [6, 6.07) is 0. The van der Waals surface area contributed by atoms with Gasteiger partial charge < -0.3 is 15.0 Å². The van der Waals surface area contributed by atoms with Crippen LogP contribution < -0.4 is 5.73 Å². The summed E-state index contributed by atoms with van der Waals surface area (Å²) >= 11 is 0. The van der Waals surface area contributed by atoms with Crippen molar-refractivity contribution in [2.45, 2.75) is 51.7 Å². The lowest BCUT2D eigenvalue weighted by atomic mass is 9.71. The first-order valence-corrected chi connectivity index (χ1v) is 9.07. The zero-order valence-electron chi connectivity index (χ0n) is 13.7. The Labute approximate surface area is 132 Å². The lowest BCUT2D eigenvalue weighted by Gasteiger charge is -2.44. The molecule has 0 amide bonds. The Morgan fingerprint density at radius 2 is 1.77 bits per heavy atom. The summed E-state index contributed by atoms with van der Waals surface area (Å²) in [7, 11) is -3.97. The Kier molecular flexibility index (Phi) is 4.32. The second-order valence-electron chi connectivity index (χ2n) is 7.03. The minimum absolute atomic E-state index is 0.00756.